The van der Waals surface area contributed by atoms with Crippen LogP contribution in [0.4, 0.5) is 5.95 Å². The second kappa shape index (κ2) is 5.38. The summed E-state index contributed by atoms with van der Waals surface area (Å²) in [5, 5.41) is 4.73. The fraction of sp³-hybridized carbons (Fsp3) is 0.200. The summed E-state index contributed by atoms with van der Waals surface area (Å²) in [7, 11) is 0. The van der Waals surface area contributed by atoms with Crippen LogP contribution in [-0.2, 0) is 0 Å². The fourth-order valence-corrected chi connectivity index (χ4v) is 3.25. The van der Waals surface area contributed by atoms with Crippen LogP contribution in [0.1, 0.15) is 23.4 Å². The second-order valence-corrected chi connectivity index (χ2v) is 6.28. The first-order valence-corrected chi connectivity index (χ1v) is 7.58. The van der Waals surface area contributed by atoms with E-state index in [0.29, 0.717) is 11.1 Å². The molecule has 0 amide bonds. The van der Waals surface area contributed by atoms with E-state index in [1.165, 1.54) is 10.4 Å². The molecule has 2 heterocycles. The van der Waals surface area contributed by atoms with Crippen molar-refractivity contribution in [3.05, 3.63) is 52.0 Å². The molecule has 0 spiro atoms. The number of nitrogens with one attached hydrogen (secondary N) is 1. The van der Waals surface area contributed by atoms with E-state index in [4.69, 9.17) is 11.6 Å². The van der Waals surface area contributed by atoms with Crippen molar-refractivity contribution in [3.8, 4) is 0 Å². The fourth-order valence-electron chi connectivity index (χ4n) is 2.09. The van der Waals surface area contributed by atoms with E-state index in [0.717, 1.165) is 10.2 Å². The molecule has 1 unspecified atom stereocenters. The lowest BCUT2D eigenvalue weighted by Gasteiger charge is -2.14. The van der Waals surface area contributed by atoms with Gasteiger partial charge in [-0.05, 0) is 25.5 Å². The monoisotopic (exact) mass is 303 g/mol. The summed E-state index contributed by atoms with van der Waals surface area (Å²) in [5.41, 5.74) is 1.19. The summed E-state index contributed by atoms with van der Waals surface area (Å²) in [6, 6.07) is 12.3. The van der Waals surface area contributed by atoms with Gasteiger partial charge < -0.3 is 5.32 Å². The van der Waals surface area contributed by atoms with Gasteiger partial charge in [-0.15, -0.1) is 11.3 Å². The Morgan fingerprint density at radius 1 is 1.20 bits per heavy atom. The molecule has 0 saturated heterocycles. The Hall–Kier alpha value is -1.65. The number of aryl methyl sites for hydroxylation is 1. The highest BCUT2D eigenvalue weighted by Gasteiger charge is 2.11. The molecule has 20 heavy (non-hydrogen) atoms. The lowest BCUT2D eigenvalue weighted by atomic mass is 10.1. The standard InChI is InChI=1S/C15H14ClN3S/c1-9-8-12-13(16)18-15(19-14(12)20-9)17-10(2)11-6-4-3-5-7-11/h3-8,10H,1-2H3,(H,17,18,19). The minimum absolute atomic E-state index is 0.130. The minimum atomic E-state index is 0.130. The van der Waals surface area contributed by atoms with Crippen LogP contribution in [0.3, 0.4) is 0 Å². The Kier molecular flexibility index (Phi) is 3.59. The molecule has 5 heteroatoms. The molecule has 3 aromatic rings. The lowest BCUT2D eigenvalue weighted by molar-refractivity contribution is 0.864. The number of nitrogens with zero attached hydrogens (tertiary/aromatic N) is 2. The Labute approximate surface area is 126 Å². The van der Waals surface area contributed by atoms with Gasteiger partial charge in [0, 0.05) is 10.3 Å². The van der Waals surface area contributed by atoms with Crippen molar-refractivity contribution < 1.29 is 0 Å². The molecular weight excluding hydrogens is 290 g/mol. The molecule has 1 atom stereocenters. The number of anilines is 1. The first-order chi connectivity index (χ1) is 9.63. The van der Waals surface area contributed by atoms with E-state index in [2.05, 4.69) is 34.3 Å². The van der Waals surface area contributed by atoms with Gasteiger partial charge in [0.25, 0.3) is 0 Å². The number of hydrogen-bond donors (Lipinski definition) is 1. The molecule has 1 aromatic carbocycles. The number of thiophene rings is 1. The number of rotatable bonds is 3. The average Bonchev–Trinajstić information content (AvgIpc) is 2.81. The van der Waals surface area contributed by atoms with E-state index in [1.54, 1.807) is 11.3 Å². The van der Waals surface area contributed by atoms with Crippen molar-refractivity contribution in [2.24, 2.45) is 0 Å². The first-order valence-electron chi connectivity index (χ1n) is 6.38. The highest BCUT2D eigenvalue weighted by Crippen LogP contribution is 2.30. The number of benzene rings is 1. The Morgan fingerprint density at radius 3 is 2.70 bits per heavy atom. The molecule has 0 bridgehead atoms. The van der Waals surface area contributed by atoms with Gasteiger partial charge in [-0.3, -0.25) is 0 Å². The van der Waals surface area contributed by atoms with Crippen LogP contribution in [-0.4, -0.2) is 9.97 Å². The van der Waals surface area contributed by atoms with Crippen LogP contribution >= 0.6 is 22.9 Å². The first kappa shape index (κ1) is 13.3. The van der Waals surface area contributed by atoms with Gasteiger partial charge in [0.05, 0.1) is 6.04 Å². The summed E-state index contributed by atoms with van der Waals surface area (Å²) in [4.78, 5) is 11.0. The molecule has 0 aliphatic rings. The Balaban J connectivity index is 1.91. The quantitative estimate of drug-likeness (QED) is 0.704. The third-order valence-corrected chi connectivity index (χ3v) is 4.35. The normalized spacial score (nSPS) is 12.6. The summed E-state index contributed by atoms with van der Waals surface area (Å²) in [5.74, 6) is 0.570. The van der Waals surface area contributed by atoms with Crippen molar-refractivity contribution >= 4 is 39.1 Å². The van der Waals surface area contributed by atoms with Crippen LogP contribution in [0, 0.1) is 6.92 Å². The highest BCUT2D eigenvalue weighted by atomic mass is 35.5. The number of halogens is 1. The van der Waals surface area contributed by atoms with Gasteiger partial charge >= 0.3 is 0 Å². The molecule has 1 N–H and O–H groups in total. The van der Waals surface area contributed by atoms with E-state index >= 15 is 0 Å². The SMILES string of the molecule is Cc1cc2c(Cl)nc(NC(C)c3ccccc3)nc2s1. The van der Waals surface area contributed by atoms with Crippen LogP contribution in [0.2, 0.25) is 5.15 Å². The van der Waals surface area contributed by atoms with E-state index in [9.17, 15) is 0 Å². The lowest BCUT2D eigenvalue weighted by Crippen LogP contribution is -2.09. The van der Waals surface area contributed by atoms with Crippen molar-refractivity contribution in [1.29, 1.82) is 0 Å². The predicted molar refractivity (Wildman–Crippen MR) is 85.6 cm³/mol. The van der Waals surface area contributed by atoms with E-state index < -0.39 is 0 Å². The molecule has 102 valence electrons. The maximum atomic E-state index is 6.22. The Morgan fingerprint density at radius 2 is 1.95 bits per heavy atom. The molecule has 3 rings (SSSR count). The van der Waals surface area contributed by atoms with Crippen LogP contribution in [0.25, 0.3) is 10.2 Å². The third kappa shape index (κ3) is 2.62. The van der Waals surface area contributed by atoms with Crippen molar-refractivity contribution in [1.82, 2.24) is 9.97 Å². The Bertz CT molecular complexity index is 739. The van der Waals surface area contributed by atoms with Crippen LogP contribution < -0.4 is 5.32 Å². The smallest absolute Gasteiger partial charge is 0.225 e. The number of aromatic nitrogens is 2. The van der Waals surface area contributed by atoms with Crippen LogP contribution in [0.15, 0.2) is 36.4 Å². The van der Waals surface area contributed by atoms with Gasteiger partial charge in [-0.1, -0.05) is 41.9 Å². The number of fused-ring (bicyclic) bond motifs is 1. The van der Waals surface area contributed by atoms with Gasteiger partial charge in [-0.25, -0.2) is 9.97 Å². The summed E-state index contributed by atoms with van der Waals surface area (Å²) in [6.45, 7) is 4.12. The van der Waals surface area contributed by atoms with E-state index in [1.807, 2.05) is 31.2 Å². The largest absolute Gasteiger partial charge is 0.348 e. The molecule has 0 aliphatic heterocycles. The zero-order valence-corrected chi connectivity index (χ0v) is 12.8. The summed E-state index contributed by atoms with van der Waals surface area (Å²) < 4.78 is 0. The second-order valence-electron chi connectivity index (χ2n) is 4.69. The zero-order valence-electron chi connectivity index (χ0n) is 11.2. The van der Waals surface area contributed by atoms with Crippen molar-refractivity contribution in [2.45, 2.75) is 19.9 Å². The summed E-state index contributed by atoms with van der Waals surface area (Å²) in [6.07, 6.45) is 0. The molecule has 0 fully saturated rings. The minimum Gasteiger partial charge on any atom is -0.348 e. The van der Waals surface area contributed by atoms with Crippen molar-refractivity contribution in [3.63, 3.8) is 0 Å². The molecule has 0 saturated carbocycles. The molecule has 0 radical (unpaired) electrons. The zero-order chi connectivity index (χ0) is 14.1. The topological polar surface area (TPSA) is 37.8 Å². The molecule has 3 nitrogen and oxygen atoms in total. The van der Waals surface area contributed by atoms with E-state index in [-0.39, 0.29) is 6.04 Å². The predicted octanol–water partition coefficient (Wildman–Crippen LogP) is 4.83. The van der Waals surface area contributed by atoms with Gasteiger partial charge in [-0.2, -0.15) is 0 Å². The highest BCUT2D eigenvalue weighted by molar-refractivity contribution is 7.18. The maximum Gasteiger partial charge on any atom is 0.225 e. The average molecular weight is 304 g/mol. The number of hydrogen-bond acceptors (Lipinski definition) is 4. The van der Waals surface area contributed by atoms with Crippen LogP contribution in [0.5, 0.6) is 0 Å². The third-order valence-electron chi connectivity index (χ3n) is 3.11. The maximum absolute atomic E-state index is 6.22. The molecule has 0 aliphatic carbocycles. The van der Waals surface area contributed by atoms with Gasteiger partial charge in [0.2, 0.25) is 5.95 Å². The molecule has 2 aromatic heterocycles. The van der Waals surface area contributed by atoms with Crippen molar-refractivity contribution in [2.75, 3.05) is 5.32 Å². The van der Waals surface area contributed by atoms with Gasteiger partial charge in [0.1, 0.15) is 9.98 Å². The summed E-state index contributed by atoms with van der Waals surface area (Å²) >= 11 is 7.85. The molecular formula is C15H14ClN3S. The van der Waals surface area contributed by atoms with Gasteiger partial charge in [0.15, 0.2) is 0 Å².